The maximum atomic E-state index is 5.29. The molecule has 0 spiro atoms. The van der Waals surface area contributed by atoms with Gasteiger partial charge in [-0.2, -0.15) is 0 Å². The van der Waals surface area contributed by atoms with Crippen molar-refractivity contribution in [2.45, 2.75) is 20.8 Å². The normalized spacial score (nSPS) is 10.5. The third-order valence-electron chi connectivity index (χ3n) is 0.578. The molecule has 0 bridgehead atoms. The fraction of sp³-hybridized carbons (Fsp3) is 0.375. The number of hydrogen-bond donors (Lipinski definition) is 1. The Morgan fingerprint density at radius 2 is 2.00 bits per heavy atom. The standard InChI is InChI=1S/C6H10N2.C2H6/c1-3-5-6(7)8-4-2;1-2/h3-5H,2H2,1H3,(H2,7,8);1-2H3/b5-3-;. The highest BCUT2D eigenvalue weighted by Crippen LogP contribution is 1.73. The van der Waals surface area contributed by atoms with E-state index in [0.717, 1.165) is 0 Å². The van der Waals surface area contributed by atoms with Gasteiger partial charge >= 0.3 is 0 Å². The maximum absolute atomic E-state index is 5.29. The number of aliphatic imine (C=N–C) groups is 1. The second kappa shape index (κ2) is 10.8. The Morgan fingerprint density at radius 1 is 1.50 bits per heavy atom. The Bertz CT molecular complexity index is 123. The second-order valence-corrected chi connectivity index (χ2v) is 1.24. The van der Waals surface area contributed by atoms with Gasteiger partial charge in [0.1, 0.15) is 5.84 Å². The minimum Gasteiger partial charge on any atom is -0.384 e. The summed E-state index contributed by atoms with van der Waals surface area (Å²) in [6, 6.07) is 0. The Labute approximate surface area is 63.2 Å². The molecular weight excluding hydrogens is 124 g/mol. The molecule has 0 atom stereocenters. The fourth-order valence-electron chi connectivity index (χ4n) is 0.319. The first-order valence-electron chi connectivity index (χ1n) is 3.38. The van der Waals surface area contributed by atoms with Crippen LogP contribution in [0.25, 0.3) is 0 Å². The van der Waals surface area contributed by atoms with Crippen molar-refractivity contribution in [1.82, 2.24) is 0 Å². The monoisotopic (exact) mass is 140 g/mol. The van der Waals surface area contributed by atoms with Crippen molar-refractivity contribution in [2.24, 2.45) is 10.7 Å². The van der Waals surface area contributed by atoms with E-state index in [-0.39, 0.29) is 0 Å². The average Bonchev–Trinajstić information content (AvgIpc) is 1.93. The summed E-state index contributed by atoms with van der Waals surface area (Å²) in [7, 11) is 0. The van der Waals surface area contributed by atoms with E-state index in [1.807, 2.05) is 26.8 Å². The van der Waals surface area contributed by atoms with Crippen LogP contribution in [-0.2, 0) is 0 Å². The molecule has 58 valence electrons. The average molecular weight is 140 g/mol. The molecule has 0 aliphatic rings. The summed E-state index contributed by atoms with van der Waals surface area (Å²) in [4.78, 5) is 3.69. The van der Waals surface area contributed by atoms with E-state index in [9.17, 15) is 0 Å². The van der Waals surface area contributed by atoms with Crippen LogP contribution in [-0.4, -0.2) is 5.84 Å². The van der Waals surface area contributed by atoms with Crippen molar-refractivity contribution >= 4 is 5.84 Å². The minimum absolute atomic E-state index is 0.488. The molecule has 10 heavy (non-hydrogen) atoms. The van der Waals surface area contributed by atoms with Crippen molar-refractivity contribution in [2.75, 3.05) is 0 Å². The molecule has 2 nitrogen and oxygen atoms in total. The molecular formula is C8H16N2. The van der Waals surface area contributed by atoms with E-state index in [0.29, 0.717) is 5.84 Å². The van der Waals surface area contributed by atoms with Crippen LogP contribution in [0.1, 0.15) is 20.8 Å². The lowest BCUT2D eigenvalue weighted by atomic mass is 10.5. The van der Waals surface area contributed by atoms with E-state index in [1.54, 1.807) is 6.08 Å². The lowest BCUT2D eigenvalue weighted by Gasteiger charge is -1.82. The van der Waals surface area contributed by atoms with Crippen molar-refractivity contribution < 1.29 is 0 Å². The predicted molar refractivity (Wildman–Crippen MR) is 48.0 cm³/mol. The molecule has 0 fully saturated rings. The van der Waals surface area contributed by atoms with Crippen molar-refractivity contribution in [1.29, 1.82) is 0 Å². The molecule has 0 saturated carbocycles. The molecule has 2 N–H and O–H groups in total. The van der Waals surface area contributed by atoms with Gasteiger partial charge in [0.25, 0.3) is 0 Å². The highest BCUT2D eigenvalue weighted by molar-refractivity contribution is 5.91. The lowest BCUT2D eigenvalue weighted by molar-refractivity contribution is 1.50. The summed E-state index contributed by atoms with van der Waals surface area (Å²) in [5.74, 6) is 0.488. The van der Waals surface area contributed by atoms with Crippen molar-refractivity contribution in [3.63, 3.8) is 0 Å². The lowest BCUT2D eigenvalue weighted by Crippen LogP contribution is -2.05. The Morgan fingerprint density at radius 3 is 2.30 bits per heavy atom. The van der Waals surface area contributed by atoms with Gasteiger partial charge in [0, 0.05) is 6.20 Å². The number of allylic oxidation sites excluding steroid dienone is 1. The summed E-state index contributed by atoms with van der Waals surface area (Å²) in [5, 5.41) is 0. The van der Waals surface area contributed by atoms with Crippen LogP contribution in [0.3, 0.4) is 0 Å². The van der Waals surface area contributed by atoms with E-state index in [2.05, 4.69) is 11.6 Å². The van der Waals surface area contributed by atoms with Crippen LogP contribution in [0.4, 0.5) is 0 Å². The maximum Gasteiger partial charge on any atom is 0.122 e. The molecule has 0 aliphatic carbocycles. The number of rotatable bonds is 2. The largest absolute Gasteiger partial charge is 0.384 e. The third-order valence-corrected chi connectivity index (χ3v) is 0.578. The van der Waals surface area contributed by atoms with E-state index in [1.165, 1.54) is 6.20 Å². The Hall–Kier alpha value is -1.05. The van der Waals surface area contributed by atoms with Gasteiger partial charge in [-0.3, -0.25) is 0 Å². The summed E-state index contributed by atoms with van der Waals surface area (Å²) >= 11 is 0. The predicted octanol–water partition coefficient (Wildman–Crippen LogP) is 2.09. The van der Waals surface area contributed by atoms with Gasteiger partial charge in [0.05, 0.1) is 0 Å². The molecule has 0 aromatic carbocycles. The Balaban J connectivity index is 0. The minimum atomic E-state index is 0.488. The van der Waals surface area contributed by atoms with Gasteiger partial charge in [0.15, 0.2) is 0 Å². The zero-order valence-corrected chi connectivity index (χ0v) is 6.96. The molecule has 0 radical (unpaired) electrons. The van der Waals surface area contributed by atoms with Gasteiger partial charge in [-0.05, 0) is 13.0 Å². The van der Waals surface area contributed by atoms with Gasteiger partial charge in [-0.15, -0.1) is 0 Å². The number of amidine groups is 1. The smallest absolute Gasteiger partial charge is 0.122 e. The zero-order valence-electron chi connectivity index (χ0n) is 6.96. The molecule has 0 amide bonds. The van der Waals surface area contributed by atoms with Crippen LogP contribution in [0.2, 0.25) is 0 Å². The molecule has 0 aromatic rings. The molecule has 0 saturated heterocycles. The number of nitrogens with two attached hydrogens (primary N) is 1. The summed E-state index contributed by atoms with van der Waals surface area (Å²) in [5.41, 5.74) is 5.29. The van der Waals surface area contributed by atoms with Crippen LogP contribution >= 0.6 is 0 Å². The van der Waals surface area contributed by atoms with Crippen LogP contribution < -0.4 is 5.73 Å². The van der Waals surface area contributed by atoms with E-state index < -0.39 is 0 Å². The summed E-state index contributed by atoms with van der Waals surface area (Å²) in [6.07, 6.45) is 4.94. The van der Waals surface area contributed by atoms with E-state index >= 15 is 0 Å². The van der Waals surface area contributed by atoms with E-state index in [4.69, 9.17) is 5.73 Å². The summed E-state index contributed by atoms with van der Waals surface area (Å²) in [6.45, 7) is 9.26. The first-order valence-corrected chi connectivity index (χ1v) is 3.38. The molecule has 0 aliphatic heterocycles. The topological polar surface area (TPSA) is 38.4 Å². The molecule has 0 rings (SSSR count). The molecule has 0 unspecified atom stereocenters. The van der Waals surface area contributed by atoms with Crippen molar-refractivity contribution in [3.8, 4) is 0 Å². The first kappa shape index (κ1) is 11.7. The van der Waals surface area contributed by atoms with Gasteiger partial charge < -0.3 is 5.73 Å². The van der Waals surface area contributed by atoms with Crippen LogP contribution in [0, 0.1) is 0 Å². The fourth-order valence-corrected chi connectivity index (χ4v) is 0.319. The zero-order chi connectivity index (χ0) is 8.41. The Kier molecular flexibility index (Phi) is 12.7. The van der Waals surface area contributed by atoms with Crippen LogP contribution in [0.15, 0.2) is 29.9 Å². The second-order valence-electron chi connectivity index (χ2n) is 1.24. The quantitative estimate of drug-likeness (QED) is 0.463. The van der Waals surface area contributed by atoms with Gasteiger partial charge in [-0.1, -0.05) is 26.5 Å². The number of nitrogens with zero attached hydrogens (tertiary/aromatic N) is 1. The van der Waals surface area contributed by atoms with Crippen LogP contribution in [0.5, 0.6) is 0 Å². The number of hydrogen-bond acceptors (Lipinski definition) is 1. The summed E-state index contributed by atoms with van der Waals surface area (Å²) < 4.78 is 0. The third kappa shape index (κ3) is 10.0. The van der Waals surface area contributed by atoms with Crippen molar-refractivity contribution in [3.05, 3.63) is 24.9 Å². The molecule has 2 heteroatoms. The highest BCUT2D eigenvalue weighted by Gasteiger charge is 1.73. The van der Waals surface area contributed by atoms with Gasteiger partial charge in [0.2, 0.25) is 0 Å². The first-order chi connectivity index (χ1) is 4.81. The SMILES string of the molecule is C=CN=C(N)/C=C\C.CC. The highest BCUT2D eigenvalue weighted by atomic mass is 14.8. The molecule has 0 aromatic heterocycles. The molecule has 0 heterocycles. The van der Waals surface area contributed by atoms with Gasteiger partial charge in [-0.25, -0.2) is 4.99 Å².